The van der Waals surface area contributed by atoms with Gasteiger partial charge in [-0.3, -0.25) is 4.79 Å². The Morgan fingerprint density at radius 3 is 2.67 bits per heavy atom. The average Bonchev–Trinajstić information content (AvgIpc) is 2.06. The van der Waals surface area contributed by atoms with Crippen LogP contribution in [0, 0.1) is 0 Å². The average molecular weight is 196 g/mol. The normalized spacial score (nSPS) is 9.33. The van der Waals surface area contributed by atoms with Crippen LogP contribution in [0.5, 0.6) is 0 Å². The number of carbonyl (C=O) groups excluding carboxylic acids is 1. The number of carbonyl (C=O) groups is 1. The summed E-state index contributed by atoms with van der Waals surface area (Å²) in [5.74, 6) is 0. The zero-order chi connectivity index (χ0) is 8.81. The van der Waals surface area contributed by atoms with Crippen molar-refractivity contribution in [1.29, 1.82) is 0 Å². The molecule has 0 aliphatic rings. The molecule has 12 heavy (non-hydrogen) atoms. The zero-order valence-corrected chi connectivity index (χ0v) is 8.03. The standard InChI is InChI=1S/C9H8OS2/c10-9(12-7-11)6-8-4-2-1-3-5-8/h1-5,7H,6H2. The molecule has 0 unspecified atom stereocenters. The number of thioether (sulfide) groups is 1. The van der Waals surface area contributed by atoms with E-state index in [1.165, 1.54) is 4.70 Å². The first-order valence-corrected chi connectivity index (χ1v) is 4.85. The molecule has 0 saturated heterocycles. The van der Waals surface area contributed by atoms with Crippen molar-refractivity contribution in [2.45, 2.75) is 6.42 Å². The summed E-state index contributed by atoms with van der Waals surface area (Å²) in [5.41, 5.74) is 1.03. The summed E-state index contributed by atoms with van der Waals surface area (Å²) < 4.78 is 1.39. The summed E-state index contributed by atoms with van der Waals surface area (Å²) >= 11 is 5.64. The molecule has 0 radical (unpaired) electrons. The molecule has 0 aliphatic heterocycles. The van der Waals surface area contributed by atoms with Crippen LogP contribution in [-0.2, 0) is 11.2 Å². The van der Waals surface area contributed by atoms with Crippen LogP contribution in [0.2, 0.25) is 0 Å². The Bertz CT molecular complexity index is 269. The summed E-state index contributed by atoms with van der Waals surface area (Å²) in [6.07, 6.45) is 0.457. The van der Waals surface area contributed by atoms with Crippen molar-refractivity contribution in [3.05, 3.63) is 35.9 Å². The van der Waals surface area contributed by atoms with Crippen LogP contribution >= 0.6 is 24.0 Å². The van der Waals surface area contributed by atoms with Crippen molar-refractivity contribution >= 4 is 33.8 Å². The maximum Gasteiger partial charge on any atom is 0.198 e. The molecule has 1 aromatic rings. The number of hydrogen-bond donors (Lipinski definition) is 0. The Hall–Kier alpha value is -0.670. The monoisotopic (exact) mass is 196 g/mol. The highest BCUT2D eigenvalue weighted by Gasteiger charge is 2.00. The van der Waals surface area contributed by atoms with E-state index in [0.29, 0.717) is 6.42 Å². The molecule has 0 N–H and O–H groups in total. The van der Waals surface area contributed by atoms with E-state index >= 15 is 0 Å². The molecule has 1 nitrogen and oxygen atoms in total. The van der Waals surface area contributed by atoms with E-state index in [9.17, 15) is 4.79 Å². The van der Waals surface area contributed by atoms with Gasteiger partial charge < -0.3 is 0 Å². The van der Waals surface area contributed by atoms with Gasteiger partial charge in [0.2, 0.25) is 0 Å². The maximum atomic E-state index is 11.1. The summed E-state index contributed by atoms with van der Waals surface area (Å²) in [7, 11) is 0. The molecule has 1 rings (SSSR count). The number of thiocarbonyl (C=S) groups is 1. The van der Waals surface area contributed by atoms with Crippen molar-refractivity contribution in [2.24, 2.45) is 0 Å². The molecular weight excluding hydrogens is 188 g/mol. The summed E-state index contributed by atoms with van der Waals surface area (Å²) in [4.78, 5) is 11.1. The van der Waals surface area contributed by atoms with Gasteiger partial charge in [0.05, 0.1) is 0 Å². The van der Waals surface area contributed by atoms with E-state index in [1.807, 2.05) is 30.3 Å². The molecule has 62 valence electrons. The van der Waals surface area contributed by atoms with Gasteiger partial charge >= 0.3 is 0 Å². The highest BCUT2D eigenvalue weighted by Crippen LogP contribution is 2.06. The van der Waals surface area contributed by atoms with Crippen LogP contribution in [0.1, 0.15) is 5.56 Å². The van der Waals surface area contributed by atoms with Gasteiger partial charge in [-0.05, 0) is 17.3 Å². The fourth-order valence-corrected chi connectivity index (χ4v) is 1.54. The molecule has 0 amide bonds. The molecule has 0 aliphatic carbocycles. The van der Waals surface area contributed by atoms with Gasteiger partial charge in [0.1, 0.15) is 0 Å². The Kier molecular flexibility index (Phi) is 3.97. The Labute approximate surface area is 81.2 Å². The largest absolute Gasteiger partial charge is 0.286 e. The Morgan fingerprint density at radius 1 is 1.42 bits per heavy atom. The van der Waals surface area contributed by atoms with Gasteiger partial charge in [-0.2, -0.15) is 0 Å². The third kappa shape index (κ3) is 3.15. The fourth-order valence-electron chi connectivity index (χ4n) is 0.858. The van der Waals surface area contributed by atoms with Crippen molar-refractivity contribution < 1.29 is 4.79 Å². The highest BCUT2D eigenvalue weighted by atomic mass is 32.2. The van der Waals surface area contributed by atoms with Gasteiger partial charge in [0.15, 0.2) is 5.12 Å². The molecule has 0 bridgehead atoms. The summed E-state index contributed by atoms with van der Waals surface area (Å²) in [6.45, 7) is 0. The molecule has 1 aromatic carbocycles. The van der Waals surface area contributed by atoms with Crippen molar-refractivity contribution in [1.82, 2.24) is 0 Å². The molecule has 0 heterocycles. The van der Waals surface area contributed by atoms with Crippen LogP contribution in [0.15, 0.2) is 30.3 Å². The van der Waals surface area contributed by atoms with Gasteiger partial charge in [0.25, 0.3) is 0 Å². The minimum Gasteiger partial charge on any atom is -0.286 e. The van der Waals surface area contributed by atoms with Crippen molar-refractivity contribution in [3.8, 4) is 0 Å². The Balaban J connectivity index is 2.52. The van der Waals surface area contributed by atoms with E-state index in [-0.39, 0.29) is 5.12 Å². The van der Waals surface area contributed by atoms with E-state index in [0.717, 1.165) is 17.3 Å². The second kappa shape index (κ2) is 5.06. The van der Waals surface area contributed by atoms with E-state index < -0.39 is 0 Å². The minimum atomic E-state index is 0.0937. The third-order valence-corrected chi connectivity index (χ3v) is 2.16. The predicted octanol–water partition coefficient (Wildman–Crippen LogP) is 2.45. The molecule has 0 saturated carbocycles. The first kappa shape index (κ1) is 9.42. The quantitative estimate of drug-likeness (QED) is 0.691. The Morgan fingerprint density at radius 2 is 2.08 bits per heavy atom. The van der Waals surface area contributed by atoms with Crippen LogP contribution in [-0.4, -0.2) is 9.81 Å². The van der Waals surface area contributed by atoms with Gasteiger partial charge in [-0.1, -0.05) is 42.5 Å². The van der Waals surface area contributed by atoms with Crippen LogP contribution in [0.25, 0.3) is 0 Å². The second-order valence-corrected chi connectivity index (χ2v) is 3.71. The maximum absolute atomic E-state index is 11.1. The summed E-state index contributed by atoms with van der Waals surface area (Å²) in [5, 5.41) is 0.0937. The lowest BCUT2D eigenvalue weighted by Gasteiger charge is -1.95. The van der Waals surface area contributed by atoms with E-state index in [4.69, 9.17) is 0 Å². The lowest BCUT2D eigenvalue weighted by atomic mass is 10.2. The number of benzene rings is 1. The second-order valence-electron chi connectivity index (χ2n) is 2.25. The topological polar surface area (TPSA) is 17.1 Å². The number of rotatable bonds is 3. The minimum absolute atomic E-state index is 0.0937. The molecule has 3 heteroatoms. The fraction of sp³-hybridized carbons (Fsp3) is 0.111. The van der Waals surface area contributed by atoms with Crippen LogP contribution in [0.3, 0.4) is 0 Å². The molecule has 0 aromatic heterocycles. The summed E-state index contributed by atoms with van der Waals surface area (Å²) in [6, 6.07) is 9.64. The lowest BCUT2D eigenvalue weighted by molar-refractivity contribution is -0.110. The zero-order valence-electron chi connectivity index (χ0n) is 6.40. The molecular formula is C9H8OS2. The lowest BCUT2D eigenvalue weighted by Crippen LogP contribution is -1.96. The third-order valence-electron chi connectivity index (χ3n) is 1.37. The SMILES string of the molecule is O=C(Cc1ccccc1)SC=S. The first-order chi connectivity index (χ1) is 5.83. The van der Waals surface area contributed by atoms with Gasteiger partial charge in [-0.15, -0.1) is 0 Å². The van der Waals surface area contributed by atoms with Crippen molar-refractivity contribution in [3.63, 3.8) is 0 Å². The predicted molar refractivity (Wildman–Crippen MR) is 56.4 cm³/mol. The van der Waals surface area contributed by atoms with Gasteiger partial charge in [0, 0.05) is 11.1 Å². The van der Waals surface area contributed by atoms with Crippen LogP contribution in [0.4, 0.5) is 0 Å². The molecule has 0 fully saturated rings. The van der Waals surface area contributed by atoms with Crippen LogP contribution < -0.4 is 0 Å². The van der Waals surface area contributed by atoms with Crippen molar-refractivity contribution in [2.75, 3.05) is 0 Å². The van der Waals surface area contributed by atoms with E-state index in [2.05, 4.69) is 12.2 Å². The highest BCUT2D eigenvalue weighted by molar-refractivity contribution is 8.30. The molecule has 0 spiro atoms. The van der Waals surface area contributed by atoms with Gasteiger partial charge in [-0.25, -0.2) is 0 Å². The van der Waals surface area contributed by atoms with E-state index in [1.54, 1.807) is 0 Å². The molecule has 0 atom stereocenters. The smallest absolute Gasteiger partial charge is 0.198 e. The first-order valence-electron chi connectivity index (χ1n) is 3.50. The number of hydrogen-bond acceptors (Lipinski definition) is 3.